The van der Waals surface area contributed by atoms with Crippen molar-refractivity contribution in [3.8, 4) is 0 Å². The van der Waals surface area contributed by atoms with Gasteiger partial charge < -0.3 is 15.0 Å². The van der Waals surface area contributed by atoms with E-state index in [9.17, 15) is 14.4 Å². The Morgan fingerprint density at radius 1 is 1.16 bits per heavy atom. The average molecular weight is 383 g/mol. The van der Waals surface area contributed by atoms with Gasteiger partial charge in [0.05, 0.1) is 15.7 Å². The molecule has 0 aliphatic rings. The first-order chi connectivity index (χ1) is 11.7. The van der Waals surface area contributed by atoms with Gasteiger partial charge in [-0.05, 0) is 38.5 Å². The van der Waals surface area contributed by atoms with Crippen LogP contribution in [0.4, 0.5) is 5.69 Å². The van der Waals surface area contributed by atoms with Crippen LogP contribution in [0.3, 0.4) is 0 Å². The fraction of sp³-hybridized carbons (Fsp3) is 0.235. The van der Waals surface area contributed by atoms with Crippen molar-refractivity contribution in [1.82, 2.24) is 4.98 Å². The predicted octanol–water partition coefficient (Wildman–Crippen LogP) is 3.94. The van der Waals surface area contributed by atoms with E-state index in [1.54, 1.807) is 32.0 Å². The molecule has 1 aromatic carbocycles. The number of H-pyrrole nitrogens is 1. The number of esters is 1. The maximum absolute atomic E-state index is 12.1. The summed E-state index contributed by atoms with van der Waals surface area (Å²) in [7, 11) is 0. The third-order valence-electron chi connectivity index (χ3n) is 3.56. The molecule has 0 saturated heterocycles. The largest absolute Gasteiger partial charge is 0.451 e. The van der Waals surface area contributed by atoms with Gasteiger partial charge in [0.15, 0.2) is 12.4 Å². The molecule has 0 unspecified atom stereocenters. The molecule has 132 valence electrons. The van der Waals surface area contributed by atoms with E-state index in [0.717, 1.165) is 0 Å². The Morgan fingerprint density at radius 3 is 2.28 bits per heavy atom. The molecule has 0 aliphatic heterocycles. The molecule has 6 nitrogen and oxygen atoms in total. The lowest BCUT2D eigenvalue weighted by atomic mass is 10.1. The van der Waals surface area contributed by atoms with Crippen molar-refractivity contribution in [3.63, 3.8) is 0 Å². The van der Waals surface area contributed by atoms with Crippen LogP contribution in [-0.4, -0.2) is 29.3 Å². The Morgan fingerprint density at radius 2 is 1.76 bits per heavy atom. The molecule has 0 fully saturated rings. The van der Waals surface area contributed by atoms with E-state index < -0.39 is 18.5 Å². The molecule has 0 saturated carbocycles. The number of anilines is 1. The highest BCUT2D eigenvalue weighted by Crippen LogP contribution is 2.29. The topological polar surface area (TPSA) is 88.3 Å². The minimum absolute atomic E-state index is 0.145. The van der Waals surface area contributed by atoms with Crippen molar-refractivity contribution in [2.45, 2.75) is 20.8 Å². The van der Waals surface area contributed by atoms with E-state index in [1.165, 1.54) is 6.92 Å². The highest BCUT2D eigenvalue weighted by atomic mass is 35.5. The number of benzene rings is 1. The summed E-state index contributed by atoms with van der Waals surface area (Å²) in [6.07, 6.45) is 0. The summed E-state index contributed by atoms with van der Waals surface area (Å²) in [5.41, 5.74) is 1.90. The molecule has 25 heavy (non-hydrogen) atoms. The van der Waals surface area contributed by atoms with E-state index in [-0.39, 0.29) is 27.2 Å². The fourth-order valence-electron chi connectivity index (χ4n) is 2.48. The van der Waals surface area contributed by atoms with E-state index >= 15 is 0 Å². The molecule has 0 spiro atoms. The number of ether oxygens (including phenoxy) is 1. The summed E-state index contributed by atoms with van der Waals surface area (Å²) in [6.45, 7) is 4.22. The highest BCUT2D eigenvalue weighted by Gasteiger charge is 2.21. The lowest BCUT2D eigenvalue weighted by Crippen LogP contribution is -2.21. The Labute approximate surface area is 154 Å². The molecular formula is C17H16Cl2N2O4. The van der Waals surface area contributed by atoms with Crippen LogP contribution < -0.4 is 5.32 Å². The standard InChI is InChI=1S/C17H16Cl2N2O4/c1-8-14(10(3)22)9(2)20-15(8)17(24)25-7-13(23)21-16-11(18)5-4-6-12(16)19/h4-6,20H,7H2,1-3H3,(H,21,23). The number of amides is 1. The van der Waals surface area contributed by atoms with E-state index in [1.807, 2.05) is 0 Å². The fourth-order valence-corrected chi connectivity index (χ4v) is 2.97. The Kier molecular flexibility index (Phi) is 5.87. The number of hydrogen-bond donors (Lipinski definition) is 2. The van der Waals surface area contributed by atoms with Gasteiger partial charge in [-0.1, -0.05) is 29.3 Å². The molecule has 1 heterocycles. The smallest absolute Gasteiger partial charge is 0.355 e. The quantitative estimate of drug-likeness (QED) is 0.605. The van der Waals surface area contributed by atoms with Gasteiger partial charge in [-0.2, -0.15) is 0 Å². The number of hydrogen-bond acceptors (Lipinski definition) is 4. The number of aromatic nitrogens is 1. The number of ketones is 1. The van der Waals surface area contributed by atoms with Crippen LogP contribution in [0.25, 0.3) is 0 Å². The lowest BCUT2D eigenvalue weighted by molar-refractivity contribution is -0.119. The average Bonchev–Trinajstić information content (AvgIpc) is 2.83. The van der Waals surface area contributed by atoms with Crippen molar-refractivity contribution < 1.29 is 19.1 Å². The first kappa shape index (κ1) is 19.0. The van der Waals surface area contributed by atoms with Crippen molar-refractivity contribution in [2.24, 2.45) is 0 Å². The van der Waals surface area contributed by atoms with Crippen LogP contribution in [0.15, 0.2) is 18.2 Å². The maximum atomic E-state index is 12.1. The number of aromatic amines is 1. The van der Waals surface area contributed by atoms with Gasteiger partial charge in [0.2, 0.25) is 0 Å². The Balaban J connectivity index is 2.04. The second-order valence-electron chi connectivity index (χ2n) is 5.40. The van der Waals surface area contributed by atoms with Gasteiger partial charge in [-0.15, -0.1) is 0 Å². The van der Waals surface area contributed by atoms with Gasteiger partial charge in [0.25, 0.3) is 5.91 Å². The Hall–Kier alpha value is -2.31. The number of rotatable bonds is 5. The van der Waals surface area contributed by atoms with Crippen molar-refractivity contribution in [1.29, 1.82) is 0 Å². The normalized spacial score (nSPS) is 10.4. The molecule has 1 amide bonds. The van der Waals surface area contributed by atoms with Crippen LogP contribution in [0, 0.1) is 13.8 Å². The van der Waals surface area contributed by atoms with E-state index in [0.29, 0.717) is 16.8 Å². The molecule has 1 aromatic heterocycles. The summed E-state index contributed by atoms with van der Waals surface area (Å²) in [4.78, 5) is 38.5. The van der Waals surface area contributed by atoms with Gasteiger partial charge in [0.1, 0.15) is 5.69 Å². The van der Waals surface area contributed by atoms with Gasteiger partial charge in [-0.3, -0.25) is 9.59 Å². The molecule has 2 aromatic rings. The number of halogens is 2. The molecular weight excluding hydrogens is 367 g/mol. The molecule has 0 atom stereocenters. The monoisotopic (exact) mass is 382 g/mol. The third-order valence-corrected chi connectivity index (χ3v) is 4.19. The summed E-state index contributed by atoms with van der Waals surface area (Å²) in [5, 5.41) is 3.04. The third kappa shape index (κ3) is 4.21. The van der Waals surface area contributed by atoms with Gasteiger partial charge in [0, 0.05) is 11.3 Å². The van der Waals surface area contributed by atoms with Crippen LogP contribution in [0.1, 0.15) is 39.0 Å². The number of carbonyl (C=O) groups is 3. The number of para-hydroxylation sites is 1. The maximum Gasteiger partial charge on any atom is 0.355 e. The molecule has 0 bridgehead atoms. The van der Waals surface area contributed by atoms with Crippen molar-refractivity contribution in [3.05, 3.63) is 50.8 Å². The van der Waals surface area contributed by atoms with Crippen LogP contribution in [0.2, 0.25) is 10.0 Å². The first-order valence-corrected chi connectivity index (χ1v) is 8.09. The number of nitrogens with one attached hydrogen (secondary N) is 2. The Bertz CT molecular complexity index is 838. The second-order valence-corrected chi connectivity index (χ2v) is 6.22. The predicted molar refractivity (Wildman–Crippen MR) is 95.6 cm³/mol. The molecule has 8 heteroatoms. The minimum Gasteiger partial charge on any atom is -0.451 e. The number of Topliss-reactive ketones (excluding diaryl/α,β-unsaturated/α-hetero) is 1. The first-order valence-electron chi connectivity index (χ1n) is 7.33. The second kappa shape index (κ2) is 7.72. The number of carbonyl (C=O) groups excluding carboxylic acids is 3. The SMILES string of the molecule is CC(=O)c1c(C)[nH]c(C(=O)OCC(=O)Nc2c(Cl)cccc2Cl)c1C. The van der Waals surface area contributed by atoms with Crippen LogP contribution in [-0.2, 0) is 9.53 Å². The van der Waals surface area contributed by atoms with Crippen molar-refractivity contribution >= 4 is 46.5 Å². The van der Waals surface area contributed by atoms with Gasteiger partial charge >= 0.3 is 5.97 Å². The van der Waals surface area contributed by atoms with Crippen LogP contribution in [0.5, 0.6) is 0 Å². The lowest BCUT2D eigenvalue weighted by Gasteiger charge is -2.09. The van der Waals surface area contributed by atoms with E-state index in [2.05, 4.69) is 10.3 Å². The van der Waals surface area contributed by atoms with Crippen molar-refractivity contribution in [2.75, 3.05) is 11.9 Å². The van der Waals surface area contributed by atoms with Crippen LogP contribution >= 0.6 is 23.2 Å². The zero-order valence-corrected chi connectivity index (χ0v) is 15.3. The molecule has 2 rings (SSSR count). The molecule has 0 radical (unpaired) electrons. The minimum atomic E-state index is -0.728. The van der Waals surface area contributed by atoms with E-state index in [4.69, 9.17) is 27.9 Å². The number of aryl methyl sites for hydroxylation is 1. The zero-order chi connectivity index (χ0) is 18.7. The summed E-state index contributed by atoms with van der Waals surface area (Å²) in [5.74, 6) is -1.47. The summed E-state index contributed by atoms with van der Waals surface area (Å²) >= 11 is 11.9. The molecule has 0 aliphatic carbocycles. The zero-order valence-electron chi connectivity index (χ0n) is 13.8. The van der Waals surface area contributed by atoms with Gasteiger partial charge in [-0.25, -0.2) is 4.79 Å². The molecule has 2 N–H and O–H groups in total. The summed E-state index contributed by atoms with van der Waals surface area (Å²) in [6, 6.07) is 4.79. The summed E-state index contributed by atoms with van der Waals surface area (Å²) < 4.78 is 4.99. The highest BCUT2D eigenvalue weighted by molar-refractivity contribution is 6.39.